The molecule has 0 radical (unpaired) electrons. The summed E-state index contributed by atoms with van der Waals surface area (Å²) in [6.45, 7) is 4.77. The van der Waals surface area contributed by atoms with Crippen LogP contribution in [0.15, 0.2) is 54.7 Å². The first-order chi connectivity index (χ1) is 15.9. The van der Waals surface area contributed by atoms with Crippen LogP contribution in [0.3, 0.4) is 0 Å². The summed E-state index contributed by atoms with van der Waals surface area (Å²) in [5, 5.41) is 1.16. The van der Waals surface area contributed by atoms with Crippen LogP contribution in [-0.2, 0) is 27.3 Å². The number of benzene rings is 2. The minimum Gasteiger partial charge on any atom is -0.497 e. The standard InChI is InChI=1S/C26H33N3O4/c1-19(2)29(26(31)18-32-3)17-25(30)28(16-20-9-11-22(33-4)12-10-20)14-13-21-15-27-24-8-6-5-7-23(21)24/h5-12,15,19,27H,13-14,16-18H2,1-4H3. The molecular formula is C26H33N3O4. The zero-order valence-electron chi connectivity index (χ0n) is 19.8. The Morgan fingerprint density at radius 3 is 2.39 bits per heavy atom. The van der Waals surface area contributed by atoms with E-state index in [-0.39, 0.29) is 31.0 Å². The summed E-state index contributed by atoms with van der Waals surface area (Å²) in [7, 11) is 3.11. The molecule has 0 saturated heterocycles. The Hall–Kier alpha value is -3.32. The summed E-state index contributed by atoms with van der Waals surface area (Å²) in [4.78, 5) is 32.5. The van der Waals surface area contributed by atoms with Crippen molar-refractivity contribution in [3.8, 4) is 5.75 Å². The van der Waals surface area contributed by atoms with Crippen molar-refractivity contribution >= 4 is 22.7 Å². The van der Waals surface area contributed by atoms with Crippen LogP contribution in [-0.4, -0.2) is 66.6 Å². The van der Waals surface area contributed by atoms with Gasteiger partial charge in [-0.15, -0.1) is 0 Å². The van der Waals surface area contributed by atoms with Gasteiger partial charge < -0.3 is 24.3 Å². The summed E-state index contributed by atoms with van der Waals surface area (Å²) < 4.78 is 10.2. The number of fused-ring (bicyclic) bond motifs is 1. The predicted molar refractivity (Wildman–Crippen MR) is 129 cm³/mol. The molecule has 0 aliphatic carbocycles. The predicted octanol–water partition coefficient (Wildman–Crippen LogP) is 3.63. The molecule has 2 amide bonds. The smallest absolute Gasteiger partial charge is 0.249 e. The molecule has 3 aromatic rings. The first kappa shape index (κ1) is 24.3. The fourth-order valence-electron chi connectivity index (χ4n) is 3.85. The molecule has 2 aromatic carbocycles. The summed E-state index contributed by atoms with van der Waals surface area (Å²) in [6, 6.07) is 15.7. The van der Waals surface area contributed by atoms with Gasteiger partial charge in [0.2, 0.25) is 11.8 Å². The Morgan fingerprint density at radius 1 is 1.00 bits per heavy atom. The molecule has 0 fully saturated rings. The summed E-state index contributed by atoms with van der Waals surface area (Å²) in [5.74, 6) is 0.484. The highest BCUT2D eigenvalue weighted by Crippen LogP contribution is 2.19. The van der Waals surface area contributed by atoms with Gasteiger partial charge in [0.05, 0.1) is 7.11 Å². The van der Waals surface area contributed by atoms with Crippen LogP contribution in [0.1, 0.15) is 25.0 Å². The van der Waals surface area contributed by atoms with Gasteiger partial charge in [-0.1, -0.05) is 30.3 Å². The molecule has 0 atom stereocenters. The highest BCUT2D eigenvalue weighted by molar-refractivity contribution is 5.86. The molecule has 7 nitrogen and oxygen atoms in total. The average Bonchev–Trinajstić information content (AvgIpc) is 3.23. The van der Waals surface area contributed by atoms with Gasteiger partial charge >= 0.3 is 0 Å². The van der Waals surface area contributed by atoms with Crippen molar-refractivity contribution in [2.45, 2.75) is 32.9 Å². The van der Waals surface area contributed by atoms with E-state index >= 15 is 0 Å². The maximum atomic E-state index is 13.4. The number of para-hydroxylation sites is 1. The molecule has 0 bridgehead atoms. The maximum absolute atomic E-state index is 13.4. The Morgan fingerprint density at radius 2 is 1.73 bits per heavy atom. The lowest BCUT2D eigenvalue weighted by molar-refractivity contribution is -0.144. The van der Waals surface area contributed by atoms with E-state index in [4.69, 9.17) is 9.47 Å². The van der Waals surface area contributed by atoms with Gasteiger partial charge in [-0.05, 0) is 49.6 Å². The van der Waals surface area contributed by atoms with E-state index in [0.717, 1.165) is 27.8 Å². The summed E-state index contributed by atoms with van der Waals surface area (Å²) in [5.41, 5.74) is 3.24. The molecule has 0 aliphatic rings. The van der Waals surface area contributed by atoms with Crippen molar-refractivity contribution in [2.75, 3.05) is 33.9 Å². The second-order valence-electron chi connectivity index (χ2n) is 8.32. The third-order valence-corrected chi connectivity index (χ3v) is 5.73. The van der Waals surface area contributed by atoms with E-state index in [1.165, 1.54) is 7.11 Å². The number of nitrogens with one attached hydrogen (secondary N) is 1. The highest BCUT2D eigenvalue weighted by Gasteiger charge is 2.23. The number of rotatable bonds is 11. The zero-order chi connectivity index (χ0) is 23.8. The van der Waals surface area contributed by atoms with Crippen LogP contribution in [0.25, 0.3) is 10.9 Å². The van der Waals surface area contributed by atoms with E-state index in [1.54, 1.807) is 12.0 Å². The Labute approximate surface area is 195 Å². The molecule has 1 N–H and O–H groups in total. The van der Waals surface area contributed by atoms with Gasteiger partial charge in [-0.2, -0.15) is 0 Å². The quantitative estimate of drug-likeness (QED) is 0.483. The molecule has 1 aromatic heterocycles. The lowest BCUT2D eigenvalue weighted by Gasteiger charge is -2.30. The van der Waals surface area contributed by atoms with Crippen molar-refractivity contribution in [1.29, 1.82) is 0 Å². The first-order valence-electron chi connectivity index (χ1n) is 11.2. The van der Waals surface area contributed by atoms with Gasteiger partial charge in [0.25, 0.3) is 0 Å². The number of nitrogens with zero attached hydrogens (tertiary/aromatic N) is 2. The number of hydrogen-bond acceptors (Lipinski definition) is 4. The fourth-order valence-corrected chi connectivity index (χ4v) is 3.85. The number of methoxy groups -OCH3 is 2. The van der Waals surface area contributed by atoms with Crippen LogP contribution in [0.4, 0.5) is 0 Å². The van der Waals surface area contributed by atoms with Crippen LogP contribution >= 0.6 is 0 Å². The lowest BCUT2D eigenvalue weighted by Crippen LogP contribution is -2.47. The lowest BCUT2D eigenvalue weighted by atomic mass is 10.1. The van der Waals surface area contributed by atoms with E-state index in [9.17, 15) is 9.59 Å². The monoisotopic (exact) mass is 451 g/mol. The SMILES string of the molecule is COCC(=O)N(CC(=O)N(CCc1c[nH]c2ccccc12)Cc1ccc(OC)cc1)C(C)C. The number of H-pyrrole nitrogens is 1. The van der Waals surface area contributed by atoms with Gasteiger partial charge in [0.1, 0.15) is 18.9 Å². The van der Waals surface area contributed by atoms with Crippen molar-refractivity contribution < 1.29 is 19.1 Å². The van der Waals surface area contributed by atoms with Gasteiger partial charge in [0, 0.05) is 43.3 Å². The number of carbonyl (C=O) groups is 2. The van der Waals surface area contributed by atoms with Crippen LogP contribution in [0.2, 0.25) is 0 Å². The molecule has 0 unspecified atom stereocenters. The van der Waals surface area contributed by atoms with Gasteiger partial charge in [-0.25, -0.2) is 0 Å². The number of carbonyl (C=O) groups excluding carboxylic acids is 2. The van der Waals surface area contributed by atoms with Crippen molar-refractivity contribution in [3.63, 3.8) is 0 Å². The second kappa shape index (κ2) is 11.5. The largest absolute Gasteiger partial charge is 0.497 e. The molecule has 176 valence electrons. The minimum absolute atomic E-state index is 0.0178. The molecule has 1 heterocycles. The Bertz CT molecular complexity index is 1060. The molecule has 0 aliphatic heterocycles. The average molecular weight is 452 g/mol. The molecular weight excluding hydrogens is 418 g/mol. The highest BCUT2D eigenvalue weighted by atomic mass is 16.5. The normalized spacial score (nSPS) is 11.1. The van der Waals surface area contributed by atoms with E-state index in [2.05, 4.69) is 11.1 Å². The van der Waals surface area contributed by atoms with Crippen LogP contribution in [0, 0.1) is 0 Å². The summed E-state index contributed by atoms with van der Waals surface area (Å²) >= 11 is 0. The van der Waals surface area contributed by atoms with E-state index < -0.39 is 0 Å². The zero-order valence-corrected chi connectivity index (χ0v) is 19.8. The number of aromatic nitrogens is 1. The van der Waals surface area contributed by atoms with Crippen molar-refractivity contribution in [2.24, 2.45) is 0 Å². The molecule has 33 heavy (non-hydrogen) atoms. The number of hydrogen-bond donors (Lipinski definition) is 1. The van der Waals surface area contributed by atoms with E-state index in [0.29, 0.717) is 19.5 Å². The van der Waals surface area contributed by atoms with Gasteiger partial charge in [-0.3, -0.25) is 9.59 Å². The number of aromatic amines is 1. The number of ether oxygens (including phenoxy) is 2. The Kier molecular flexibility index (Phi) is 8.49. The Balaban J connectivity index is 1.78. The second-order valence-corrected chi connectivity index (χ2v) is 8.32. The summed E-state index contributed by atoms with van der Waals surface area (Å²) in [6.07, 6.45) is 2.71. The first-order valence-corrected chi connectivity index (χ1v) is 11.2. The topological polar surface area (TPSA) is 74.9 Å². The molecule has 7 heteroatoms. The van der Waals surface area contributed by atoms with E-state index in [1.807, 2.05) is 67.4 Å². The fraction of sp³-hybridized carbons (Fsp3) is 0.385. The maximum Gasteiger partial charge on any atom is 0.249 e. The third-order valence-electron chi connectivity index (χ3n) is 5.73. The third kappa shape index (κ3) is 6.35. The van der Waals surface area contributed by atoms with Crippen LogP contribution < -0.4 is 4.74 Å². The molecule has 0 saturated carbocycles. The molecule has 3 rings (SSSR count). The van der Waals surface area contributed by atoms with Crippen molar-refractivity contribution in [1.82, 2.24) is 14.8 Å². The van der Waals surface area contributed by atoms with Crippen LogP contribution in [0.5, 0.6) is 5.75 Å². The number of amides is 2. The van der Waals surface area contributed by atoms with Gasteiger partial charge in [0.15, 0.2) is 0 Å². The van der Waals surface area contributed by atoms with Crippen molar-refractivity contribution in [3.05, 3.63) is 65.9 Å². The molecule has 0 spiro atoms. The minimum atomic E-state index is -0.193.